The quantitative estimate of drug-likeness (QED) is 0.816. The molecular formula is C13H15NO3. The number of rotatable bonds is 5. The molecular weight excluding hydrogens is 218 g/mol. The lowest BCUT2D eigenvalue weighted by Crippen LogP contribution is -2.24. The van der Waals surface area contributed by atoms with Gasteiger partial charge in [-0.3, -0.25) is 4.79 Å². The number of carboxylic acids is 1. The van der Waals surface area contributed by atoms with Gasteiger partial charge in [0.2, 0.25) is 0 Å². The Morgan fingerprint density at radius 1 is 1.18 bits per heavy atom. The maximum absolute atomic E-state index is 11.7. The van der Waals surface area contributed by atoms with Crippen molar-refractivity contribution >= 4 is 11.9 Å². The van der Waals surface area contributed by atoms with Crippen LogP contribution in [0.2, 0.25) is 0 Å². The minimum absolute atomic E-state index is 0.136. The van der Waals surface area contributed by atoms with Crippen molar-refractivity contribution in [2.45, 2.75) is 19.3 Å². The molecule has 1 aliphatic rings. The van der Waals surface area contributed by atoms with E-state index in [1.165, 1.54) is 37.1 Å². The van der Waals surface area contributed by atoms with Crippen LogP contribution in [-0.2, 0) is 0 Å². The van der Waals surface area contributed by atoms with E-state index in [2.05, 4.69) is 5.32 Å². The molecule has 1 fully saturated rings. The smallest absolute Gasteiger partial charge is 0.335 e. The predicted molar refractivity (Wildman–Crippen MR) is 63.1 cm³/mol. The van der Waals surface area contributed by atoms with Crippen molar-refractivity contribution in [1.82, 2.24) is 5.32 Å². The summed E-state index contributed by atoms with van der Waals surface area (Å²) in [5.41, 5.74) is 0.699. The van der Waals surface area contributed by atoms with Crippen LogP contribution < -0.4 is 5.32 Å². The monoisotopic (exact) mass is 233 g/mol. The van der Waals surface area contributed by atoms with Gasteiger partial charge in [0.25, 0.3) is 5.91 Å². The summed E-state index contributed by atoms with van der Waals surface area (Å²) in [6.07, 6.45) is 3.60. The number of hydrogen-bond donors (Lipinski definition) is 2. The van der Waals surface area contributed by atoms with Crippen LogP contribution in [-0.4, -0.2) is 23.5 Å². The Balaban J connectivity index is 1.86. The van der Waals surface area contributed by atoms with Crippen LogP contribution in [0.4, 0.5) is 0 Å². The van der Waals surface area contributed by atoms with Crippen LogP contribution in [0.5, 0.6) is 0 Å². The lowest BCUT2D eigenvalue weighted by Gasteiger charge is -2.04. The van der Waals surface area contributed by atoms with Crippen molar-refractivity contribution in [3.8, 4) is 0 Å². The Morgan fingerprint density at radius 3 is 2.29 bits per heavy atom. The lowest BCUT2D eigenvalue weighted by molar-refractivity contribution is 0.0696. The second-order valence-corrected chi connectivity index (χ2v) is 4.37. The number of amides is 1. The molecule has 1 aliphatic carbocycles. The predicted octanol–water partition coefficient (Wildman–Crippen LogP) is 1.91. The molecule has 1 amide bonds. The van der Waals surface area contributed by atoms with E-state index in [4.69, 9.17) is 5.11 Å². The van der Waals surface area contributed by atoms with Crippen LogP contribution >= 0.6 is 0 Å². The van der Waals surface area contributed by atoms with Gasteiger partial charge in [-0.1, -0.05) is 12.8 Å². The summed E-state index contributed by atoms with van der Waals surface area (Å²) >= 11 is 0. The summed E-state index contributed by atoms with van der Waals surface area (Å²) < 4.78 is 0. The molecule has 4 heteroatoms. The van der Waals surface area contributed by atoms with Gasteiger partial charge >= 0.3 is 5.97 Å². The van der Waals surface area contributed by atoms with Crippen LogP contribution in [0.15, 0.2) is 24.3 Å². The molecule has 0 radical (unpaired) electrons. The molecule has 2 rings (SSSR count). The van der Waals surface area contributed by atoms with Crippen LogP contribution in [0.1, 0.15) is 40.0 Å². The molecule has 1 aromatic rings. The fraction of sp³-hybridized carbons (Fsp3) is 0.385. The average molecular weight is 233 g/mol. The molecule has 4 nitrogen and oxygen atoms in total. The first kappa shape index (κ1) is 11.6. The molecule has 1 aromatic carbocycles. The first-order chi connectivity index (χ1) is 8.16. The number of carboxylic acid groups (broad SMARTS) is 1. The van der Waals surface area contributed by atoms with Crippen LogP contribution in [0.3, 0.4) is 0 Å². The van der Waals surface area contributed by atoms with Gasteiger partial charge in [0.1, 0.15) is 0 Å². The zero-order valence-electron chi connectivity index (χ0n) is 9.48. The minimum atomic E-state index is -0.981. The highest BCUT2D eigenvalue weighted by Gasteiger charge is 2.20. The maximum atomic E-state index is 11.7. The molecule has 0 atom stereocenters. The summed E-state index contributed by atoms with van der Waals surface area (Å²) in [5, 5.41) is 11.6. The van der Waals surface area contributed by atoms with Crippen molar-refractivity contribution in [3.05, 3.63) is 35.4 Å². The van der Waals surface area contributed by atoms with Gasteiger partial charge in [0.15, 0.2) is 0 Å². The summed E-state index contributed by atoms with van der Waals surface area (Å²) in [5.74, 6) is -0.321. The van der Waals surface area contributed by atoms with Gasteiger partial charge in [-0.05, 0) is 36.6 Å². The molecule has 0 bridgehead atoms. The van der Waals surface area contributed by atoms with E-state index in [1.54, 1.807) is 0 Å². The second kappa shape index (κ2) is 4.99. The molecule has 0 heterocycles. The van der Waals surface area contributed by atoms with Crippen molar-refractivity contribution < 1.29 is 14.7 Å². The van der Waals surface area contributed by atoms with Crippen molar-refractivity contribution in [1.29, 1.82) is 0 Å². The molecule has 0 aliphatic heterocycles. The Labute approximate surface area is 99.6 Å². The van der Waals surface area contributed by atoms with E-state index in [1.807, 2.05) is 0 Å². The van der Waals surface area contributed by atoms with Gasteiger partial charge < -0.3 is 10.4 Å². The third kappa shape index (κ3) is 3.31. The summed E-state index contributed by atoms with van der Waals surface area (Å²) in [6.45, 7) is 0.699. The second-order valence-electron chi connectivity index (χ2n) is 4.37. The molecule has 17 heavy (non-hydrogen) atoms. The third-order valence-electron chi connectivity index (χ3n) is 2.93. The molecule has 0 unspecified atom stereocenters. The zero-order valence-corrected chi connectivity index (χ0v) is 9.48. The maximum Gasteiger partial charge on any atom is 0.335 e. The fourth-order valence-electron chi connectivity index (χ4n) is 1.66. The Bertz CT molecular complexity index is 421. The third-order valence-corrected chi connectivity index (χ3v) is 2.93. The lowest BCUT2D eigenvalue weighted by atomic mass is 10.1. The van der Waals surface area contributed by atoms with E-state index < -0.39 is 5.97 Å². The van der Waals surface area contributed by atoms with Crippen LogP contribution in [0.25, 0.3) is 0 Å². The van der Waals surface area contributed by atoms with Crippen molar-refractivity contribution in [2.24, 2.45) is 5.92 Å². The number of aromatic carboxylic acids is 1. The van der Waals surface area contributed by atoms with E-state index in [0.717, 1.165) is 12.3 Å². The number of nitrogens with one attached hydrogen (secondary N) is 1. The number of carbonyl (C=O) groups excluding carboxylic acids is 1. The summed E-state index contributed by atoms with van der Waals surface area (Å²) in [7, 11) is 0. The first-order valence-electron chi connectivity index (χ1n) is 5.78. The Kier molecular flexibility index (Phi) is 3.42. The largest absolute Gasteiger partial charge is 0.478 e. The van der Waals surface area contributed by atoms with Gasteiger partial charge in [-0.2, -0.15) is 0 Å². The average Bonchev–Trinajstić information content (AvgIpc) is 3.13. The van der Waals surface area contributed by atoms with Gasteiger partial charge in [-0.25, -0.2) is 4.79 Å². The van der Waals surface area contributed by atoms with Gasteiger partial charge in [0, 0.05) is 12.1 Å². The van der Waals surface area contributed by atoms with E-state index in [-0.39, 0.29) is 11.5 Å². The Morgan fingerprint density at radius 2 is 1.76 bits per heavy atom. The van der Waals surface area contributed by atoms with Crippen molar-refractivity contribution in [3.63, 3.8) is 0 Å². The number of carbonyl (C=O) groups is 2. The summed E-state index contributed by atoms with van der Waals surface area (Å²) in [6, 6.07) is 5.96. The van der Waals surface area contributed by atoms with E-state index in [0.29, 0.717) is 12.1 Å². The Hall–Kier alpha value is -1.84. The molecule has 1 saturated carbocycles. The molecule has 90 valence electrons. The standard InChI is InChI=1S/C13H15NO3/c15-12(14-8-7-9-1-2-9)10-3-5-11(6-4-10)13(16)17/h3-6,9H,1-2,7-8H2,(H,14,15)(H,16,17). The number of hydrogen-bond acceptors (Lipinski definition) is 2. The highest BCUT2D eigenvalue weighted by Crippen LogP contribution is 2.31. The normalized spacial score (nSPS) is 14.4. The highest BCUT2D eigenvalue weighted by atomic mass is 16.4. The molecule has 0 spiro atoms. The topological polar surface area (TPSA) is 66.4 Å². The van der Waals surface area contributed by atoms with Gasteiger partial charge in [-0.15, -0.1) is 0 Å². The van der Waals surface area contributed by atoms with Gasteiger partial charge in [0.05, 0.1) is 5.56 Å². The SMILES string of the molecule is O=C(O)c1ccc(C(=O)NCCC2CC2)cc1. The molecule has 0 aromatic heterocycles. The van der Waals surface area contributed by atoms with Crippen molar-refractivity contribution in [2.75, 3.05) is 6.54 Å². The van der Waals surface area contributed by atoms with E-state index in [9.17, 15) is 9.59 Å². The molecule has 2 N–H and O–H groups in total. The van der Waals surface area contributed by atoms with Crippen LogP contribution in [0, 0.1) is 5.92 Å². The first-order valence-corrected chi connectivity index (χ1v) is 5.78. The molecule has 0 saturated heterocycles. The number of benzene rings is 1. The minimum Gasteiger partial charge on any atom is -0.478 e. The van der Waals surface area contributed by atoms with E-state index >= 15 is 0 Å². The highest BCUT2D eigenvalue weighted by molar-refractivity contribution is 5.95. The zero-order chi connectivity index (χ0) is 12.3. The summed E-state index contributed by atoms with van der Waals surface area (Å²) in [4.78, 5) is 22.3. The fourth-order valence-corrected chi connectivity index (χ4v) is 1.66.